The van der Waals surface area contributed by atoms with Crippen LogP contribution in [0.4, 0.5) is 0 Å². The van der Waals surface area contributed by atoms with E-state index in [9.17, 15) is 13.0 Å². The summed E-state index contributed by atoms with van der Waals surface area (Å²) < 4.78 is 38.6. The van der Waals surface area contributed by atoms with Gasteiger partial charge in [-0.15, -0.1) is 0 Å². The minimum absolute atomic E-state index is 0.0866. The third-order valence-electron chi connectivity index (χ3n) is 4.32. The van der Waals surface area contributed by atoms with Crippen molar-refractivity contribution in [2.75, 3.05) is 7.11 Å². The molecule has 0 aliphatic rings. The molecule has 0 bridgehead atoms. The summed E-state index contributed by atoms with van der Waals surface area (Å²) in [5.74, 6) is 0.684. The predicted molar refractivity (Wildman–Crippen MR) is 98.7 cm³/mol. The van der Waals surface area contributed by atoms with Crippen LogP contribution in [-0.2, 0) is 16.5 Å². The van der Waals surface area contributed by atoms with Gasteiger partial charge in [0.1, 0.15) is 10.6 Å². The molecule has 0 aliphatic carbocycles. The molecule has 6 heteroatoms. The first kappa shape index (κ1) is 17.5. The van der Waals surface area contributed by atoms with Gasteiger partial charge in [-0.1, -0.05) is 19.4 Å². The molecule has 3 rings (SSSR count). The van der Waals surface area contributed by atoms with E-state index in [-0.39, 0.29) is 4.90 Å². The van der Waals surface area contributed by atoms with Gasteiger partial charge in [-0.3, -0.25) is 4.55 Å². The van der Waals surface area contributed by atoms with E-state index < -0.39 is 10.1 Å². The van der Waals surface area contributed by atoms with Gasteiger partial charge in [0.25, 0.3) is 10.1 Å². The zero-order valence-corrected chi connectivity index (χ0v) is 15.1. The van der Waals surface area contributed by atoms with Crippen LogP contribution in [0, 0.1) is 0 Å². The number of hydrogen-bond acceptors (Lipinski definition) is 3. The molecule has 0 saturated heterocycles. The highest BCUT2D eigenvalue weighted by Gasteiger charge is 2.19. The van der Waals surface area contributed by atoms with Gasteiger partial charge in [-0.25, -0.2) is 0 Å². The lowest BCUT2D eigenvalue weighted by Gasteiger charge is -2.10. The highest BCUT2D eigenvalue weighted by atomic mass is 32.2. The normalized spacial score (nSPS) is 11.8. The quantitative estimate of drug-likeness (QED) is 0.638. The molecule has 0 amide bonds. The number of fused-ring (bicyclic) bond motifs is 1. The minimum Gasteiger partial charge on any atom is -0.497 e. The smallest absolute Gasteiger partial charge is 0.295 e. The molecule has 1 heterocycles. The number of ether oxygens (including phenoxy) is 1. The van der Waals surface area contributed by atoms with Gasteiger partial charge in [-0.05, 0) is 48.7 Å². The summed E-state index contributed by atoms with van der Waals surface area (Å²) in [6.07, 6.45) is 4.70. The lowest BCUT2D eigenvalue weighted by Crippen LogP contribution is -2.01. The number of aromatic nitrogens is 1. The van der Waals surface area contributed by atoms with E-state index in [4.69, 9.17) is 4.74 Å². The highest BCUT2D eigenvalue weighted by molar-refractivity contribution is 7.86. The topological polar surface area (TPSA) is 79.4 Å². The first-order chi connectivity index (χ1) is 11.9. The molecule has 2 aromatic carbocycles. The van der Waals surface area contributed by atoms with Gasteiger partial charge < -0.3 is 9.72 Å². The van der Waals surface area contributed by atoms with Crippen molar-refractivity contribution in [3.05, 3.63) is 48.2 Å². The fourth-order valence-electron chi connectivity index (χ4n) is 3.00. The maximum atomic E-state index is 11.9. The Morgan fingerprint density at radius 3 is 2.60 bits per heavy atom. The SMILES string of the molecule is CCCCc1ccc(S(=O)(=O)O)c(-c2c[nH]c3ccc(OC)cc23)c1. The molecule has 0 radical (unpaired) electrons. The van der Waals surface area contributed by atoms with Gasteiger partial charge in [0.15, 0.2) is 0 Å². The van der Waals surface area contributed by atoms with Gasteiger partial charge in [-0.2, -0.15) is 8.42 Å². The summed E-state index contributed by atoms with van der Waals surface area (Å²) in [4.78, 5) is 3.06. The molecule has 1 aromatic heterocycles. The van der Waals surface area contributed by atoms with E-state index in [1.807, 2.05) is 24.3 Å². The Balaban J connectivity index is 2.23. The molecule has 0 fully saturated rings. The Morgan fingerprint density at radius 2 is 1.92 bits per heavy atom. The Hall–Kier alpha value is -2.31. The molecular weight excluding hydrogens is 338 g/mol. The van der Waals surface area contributed by atoms with E-state index in [0.29, 0.717) is 11.3 Å². The van der Waals surface area contributed by atoms with E-state index in [1.165, 1.54) is 6.07 Å². The van der Waals surface area contributed by atoms with Crippen LogP contribution in [0.2, 0.25) is 0 Å². The van der Waals surface area contributed by atoms with Crippen molar-refractivity contribution in [3.8, 4) is 16.9 Å². The predicted octanol–water partition coefficient (Wildman–Crippen LogP) is 4.43. The fraction of sp³-hybridized carbons (Fsp3) is 0.263. The van der Waals surface area contributed by atoms with Crippen molar-refractivity contribution in [2.45, 2.75) is 31.1 Å². The number of unbranched alkanes of at least 4 members (excludes halogenated alkanes) is 1. The summed E-state index contributed by atoms with van der Waals surface area (Å²) in [7, 11) is -2.74. The maximum absolute atomic E-state index is 11.9. The molecule has 0 aliphatic heterocycles. The second kappa shape index (κ2) is 6.90. The molecule has 0 spiro atoms. The fourth-order valence-corrected chi connectivity index (χ4v) is 3.69. The van der Waals surface area contributed by atoms with E-state index in [2.05, 4.69) is 11.9 Å². The van der Waals surface area contributed by atoms with Crippen molar-refractivity contribution in [1.82, 2.24) is 4.98 Å². The van der Waals surface area contributed by atoms with Gasteiger partial charge in [0, 0.05) is 28.2 Å². The number of methoxy groups -OCH3 is 1. The van der Waals surface area contributed by atoms with Gasteiger partial charge in [0.05, 0.1) is 7.11 Å². The number of rotatable bonds is 6. The summed E-state index contributed by atoms with van der Waals surface area (Å²) in [5.41, 5.74) is 3.13. The van der Waals surface area contributed by atoms with Crippen LogP contribution >= 0.6 is 0 Å². The third kappa shape index (κ3) is 3.55. The second-order valence-electron chi connectivity index (χ2n) is 6.02. The number of hydrogen-bond donors (Lipinski definition) is 2. The molecule has 5 nitrogen and oxygen atoms in total. The summed E-state index contributed by atoms with van der Waals surface area (Å²) >= 11 is 0. The maximum Gasteiger partial charge on any atom is 0.295 e. The van der Waals surface area contributed by atoms with Crippen LogP contribution < -0.4 is 4.74 Å². The van der Waals surface area contributed by atoms with Crippen molar-refractivity contribution in [2.24, 2.45) is 0 Å². The molecular formula is C19H21NO4S. The largest absolute Gasteiger partial charge is 0.497 e. The molecule has 0 saturated carbocycles. The lowest BCUT2D eigenvalue weighted by atomic mass is 10.00. The number of benzene rings is 2. The molecule has 132 valence electrons. The first-order valence-corrected chi connectivity index (χ1v) is 9.64. The van der Waals surface area contributed by atoms with Crippen molar-refractivity contribution >= 4 is 21.0 Å². The third-order valence-corrected chi connectivity index (χ3v) is 5.23. The zero-order valence-electron chi connectivity index (χ0n) is 14.2. The zero-order chi connectivity index (χ0) is 18.0. The Kier molecular flexibility index (Phi) is 4.83. The Bertz CT molecular complexity index is 1010. The Labute approximate surface area is 147 Å². The standard InChI is InChI=1S/C19H21NO4S/c1-3-4-5-13-6-9-19(25(21,22)23)16(10-13)17-12-20-18-8-7-14(24-2)11-15(17)18/h6-12,20H,3-5H2,1-2H3,(H,21,22,23). The monoisotopic (exact) mass is 359 g/mol. The van der Waals surface area contributed by atoms with E-state index >= 15 is 0 Å². The van der Waals surface area contributed by atoms with Crippen LogP contribution in [0.5, 0.6) is 5.75 Å². The second-order valence-corrected chi connectivity index (χ2v) is 7.41. The van der Waals surface area contributed by atoms with Crippen LogP contribution in [0.15, 0.2) is 47.5 Å². The van der Waals surface area contributed by atoms with E-state index in [1.54, 1.807) is 19.4 Å². The van der Waals surface area contributed by atoms with Gasteiger partial charge >= 0.3 is 0 Å². The van der Waals surface area contributed by atoms with Crippen LogP contribution in [0.3, 0.4) is 0 Å². The average Bonchev–Trinajstić information content (AvgIpc) is 3.01. The van der Waals surface area contributed by atoms with Crippen LogP contribution in [0.25, 0.3) is 22.0 Å². The molecule has 3 aromatic rings. The van der Waals surface area contributed by atoms with Crippen molar-refractivity contribution in [1.29, 1.82) is 0 Å². The Morgan fingerprint density at radius 1 is 1.12 bits per heavy atom. The molecule has 2 N–H and O–H groups in total. The molecule has 25 heavy (non-hydrogen) atoms. The summed E-state index contributed by atoms with van der Waals surface area (Å²) in [6, 6.07) is 10.7. The minimum atomic E-state index is -4.33. The van der Waals surface area contributed by atoms with Crippen molar-refractivity contribution < 1.29 is 17.7 Å². The number of aryl methyl sites for hydroxylation is 1. The first-order valence-electron chi connectivity index (χ1n) is 8.20. The molecule has 0 unspecified atom stereocenters. The number of aromatic amines is 1. The number of H-pyrrole nitrogens is 1. The average molecular weight is 359 g/mol. The van der Waals surface area contributed by atoms with Gasteiger partial charge in [0.2, 0.25) is 0 Å². The molecule has 0 atom stereocenters. The van der Waals surface area contributed by atoms with E-state index in [0.717, 1.165) is 41.3 Å². The summed E-state index contributed by atoms with van der Waals surface area (Å²) in [5, 5.41) is 0.844. The lowest BCUT2D eigenvalue weighted by molar-refractivity contribution is 0.415. The number of nitrogens with one attached hydrogen (secondary N) is 1. The van der Waals surface area contributed by atoms with Crippen LogP contribution in [0.1, 0.15) is 25.3 Å². The summed E-state index contributed by atoms with van der Waals surface area (Å²) in [6.45, 7) is 2.11. The van der Waals surface area contributed by atoms with Crippen molar-refractivity contribution in [3.63, 3.8) is 0 Å². The van der Waals surface area contributed by atoms with Crippen LogP contribution in [-0.4, -0.2) is 25.1 Å². The highest BCUT2D eigenvalue weighted by Crippen LogP contribution is 2.35.